The highest BCUT2D eigenvalue weighted by Gasteiger charge is 2.40. The highest BCUT2D eigenvalue weighted by molar-refractivity contribution is 5.82. The summed E-state index contributed by atoms with van der Waals surface area (Å²) < 4.78 is 5.61. The fourth-order valence-electron chi connectivity index (χ4n) is 3.64. The van der Waals surface area contributed by atoms with Crippen LogP contribution in [0.15, 0.2) is 18.2 Å². The van der Waals surface area contributed by atoms with Crippen LogP contribution in [0.1, 0.15) is 25.8 Å². The summed E-state index contributed by atoms with van der Waals surface area (Å²) >= 11 is 0. The average molecular weight is 347 g/mol. The number of hydrogen-bond acceptors (Lipinski definition) is 5. The Bertz CT molecular complexity index is 662. The Balaban J connectivity index is 1.83. The van der Waals surface area contributed by atoms with Gasteiger partial charge in [0.05, 0.1) is 30.1 Å². The molecule has 7 nitrogen and oxygen atoms in total. The van der Waals surface area contributed by atoms with Crippen LogP contribution in [0, 0.1) is 22.0 Å². The molecule has 1 saturated heterocycles. The van der Waals surface area contributed by atoms with Gasteiger partial charge < -0.3 is 15.0 Å². The van der Waals surface area contributed by atoms with Crippen molar-refractivity contribution in [1.29, 1.82) is 0 Å². The van der Waals surface area contributed by atoms with E-state index in [0.717, 1.165) is 17.7 Å². The number of carbonyl (C=O) groups excluding carboxylic acids is 1. The Labute approximate surface area is 147 Å². The lowest BCUT2D eigenvalue weighted by Crippen LogP contribution is -2.56. The van der Waals surface area contributed by atoms with E-state index in [2.05, 4.69) is 24.1 Å². The minimum absolute atomic E-state index is 0.0123. The molecule has 1 fully saturated rings. The number of ether oxygens (including phenoxy) is 1. The van der Waals surface area contributed by atoms with Gasteiger partial charge in [-0.15, -0.1) is 0 Å². The Morgan fingerprint density at radius 2 is 2.28 bits per heavy atom. The van der Waals surface area contributed by atoms with Gasteiger partial charge >= 0.3 is 0 Å². The number of nitro benzene ring substituents is 1. The van der Waals surface area contributed by atoms with Crippen LogP contribution in [-0.2, 0) is 16.0 Å². The zero-order valence-electron chi connectivity index (χ0n) is 14.7. The molecule has 1 aromatic carbocycles. The van der Waals surface area contributed by atoms with Gasteiger partial charge in [-0.3, -0.25) is 14.9 Å². The topological polar surface area (TPSA) is 84.7 Å². The number of hydrogen-bond donors (Lipinski definition) is 1. The van der Waals surface area contributed by atoms with Gasteiger partial charge in [0, 0.05) is 30.9 Å². The number of non-ortho nitro benzene ring substituents is 1. The third-order valence-corrected chi connectivity index (χ3v) is 5.01. The van der Waals surface area contributed by atoms with Crippen LogP contribution in [0.5, 0.6) is 0 Å². The fourth-order valence-corrected chi connectivity index (χ4v) is 3.64. The molecule has 1 amide bonds. The first kappa shape index (κ1) is 17.7. The summed E-state index contributed by atoms with van der Waals surface area (Å²) in [6.07, 6.45) is 1.44. The summed E-state index contributed by atoms with van der Waals surface area (Å²) in [5.41, 5.74) is 1.94. The average Bonchev–Trinajstić information content (AvgIpc) is 2.60. The van der Waals surface area contributed by atoms with Gasteiger partial charge in [-0.25, -0.2) is 0 Å². The minimum atomic E-state index is -0.386. The third kappa shape index (κ3) is 3.76. The van der Waals surface area contributed by atoms with E-state index in [-0.39, 0.29) is 28.5 Å². The van der Waals surface area contributed by atoms with Crippen molar-refractivity contribution in [2.24, 2.45) is 11.8 Å². The van der Waals surface area contributed by atoms with Crippen LogP contribution in [0.25, 0.3) is 0 Å². The molecule has 2 heterocycles. The lowest BCUT2D eigenvalue weighted by molar-refractivity contribution is -0.384. The molecule has 0 bridgehead atoms. The molecular formula is C18H25N3O4. The van der Waals surface area contributed by atoms with Gasteiger partial charge in [-0.1, -0.05) is 13.8 Å². The Morgan fingerprint density at radius 3 is 3.00 bits per heavy atom. The van der Waals surface area contributed by atoms with Crippen LogP contribution in [0.3, 0.4) is 0 Å². The number of nitrogens with one attached hydrogen (secondary N) is 1. The second kappa shape index (κ2) is 7.39. The second-order valence-corrected chi connectivity index (χ2v) is 7.19. The van der Waals surface area contributed by atoms with Gasteiger partial charge in [-0.2, -0.15) is 0 Å². The normalized spacial score (nSPS) is 22.3. The number of carbonyl (C=O) groups is 1. The molecule has 25 heavy (non-hydrogen) atoms. The fraction of sp³-hybridized carbons (Fsp3) is 0.611. The summed E-state index contributed by atoms with van der Waals surface area (Å²) in [4.78, 5) is 25.6. The number of anilines is 1. The molecule has 7 heteroatoms. The molecule has 0 aromatic heterocycles. The second-order valence-electron chi connectivity index (χ2n) is 7.19. The van der Waals surface area contributed by atoms with Crippen molar-refractivity contribution in [2.45, 2.75) is 32.7 Å². The molecule has 3 rings (SSSR count). The van der Waals surface area contributed by atoms with Crippen LogP contribution in [0.4, 0.5) is 11.4 Å². The summed E-state index contributed by atoms with van der Waals surface area (Å²) in [5, 5.41) is 14.1. The Morgan fingerprint density at radius 1 is 1.48 bits per heavy atom. The summed E-state index contributed by atoms with van der Waals surface area (Å²) in [6, 6.07) is 4.93. The predicted octanol–water partition coefficient (Wildman–Crippen LogP) is 2.13. The van der Waals surface area contributed by atoms with Crippen LogP contribution >= 0.6 is 0 Å². The first-order valence-electron chi connectivity index (χ1n) is 8.86. The number of nitro groups is 1. The van der Waals surface area contributed by atoms with E-state index in [4.69, 9.17) is 4.74 Å². The minimum Gasteiger partial charge on any atom is -0.377 e. The number of morpholine rings is 1. The van der Waals surface area contributed by atoms with Crippen LogP contribution < -0.4 is 10.2 Å². The molecule has 0 spiro atoms. The highest BCUT2D eigenvalue weighted by atomic mass is 16.6. The van der Waals surface area contributed by atoms with Gasteiger partial charge in [0.1, 0.15) is 0 Å². The van der Waals surface area contributed by atoms with E-state index in [1.165, 1.54) is 6.07 Å². The third-order valence-electron chi connectivity index (χ3n) is 5.01. The van der Waals surface area contributed by atoms with Crippen LogP contribution in [0.2, 0.25) is 0 Å². The van der Waals surface area contributed by atoms with Crippen molar-refractivity contribution in [3.63, 3.8) is 0 Å². The summed E-state index contributed by atoms with van der Waals surface area (Å²) in [5.74, 6) is 0.296. The van der Waals surface area contributed by atoms with Crippen molar-refractivity contribution < 1.29 is 14.5 Å². The number of nitrogens with zero attached hydrogens (tertiary/aromatic N) is 2. The van der Waals surface area contributed by atoms with E-state index in [1.54, 1.807) is 12.1 Å². The van der Waals surface area contributed by atoms with Gasteiger partial charge in [0.15, 0.2) is 0 Å². The number of amides is 1. The molecule has 2 atom stereocenters. The molecule has 0 radical (unpaired) electrons. The van der Waals surface area contributed by atoms with Crippen molar-refractivity contribution >= 4 is 17.3 Å². The Hall–Kier alpha value is -2.15. The molecule has 0 aliphatic carbocycles. The van der Waals surface area contributed by atoms with E-state index in [1.807, 2.05) is 0 Å². The quantitative estimate of drug-likeness (QED) is 0.651. The van der Waals surface area contributed by atoms with E-state index < -0.39 is 0 Å². The standard InChI is InChI=1S/C18H25N3O4/c1-12(2)5-6-19-18(22)15-10-13-9-14(21(23)24)3-4-16(13)20-7-8-25-11-17(15)20/h3-4,9,12,15,17H,5-8,10-11H2,1-2H3,(H,19,22)/t15-,17-/m1/s1. The maximum absolute atomic E-state index is 12.7. The van der Waals surface area contributed by atoms with Gasteiger partial charge in [0.25, 0.3) is 5.69 Å². The zero-order chi connectivity index (χ0) is 18.0. The lowest BCUT2D eigenvalue weighted by atomic mass is 9.84. The number of rotatable bonds is 5. The summed E-state index contributed by atoms with van der Waals surface area (Å²) in [7, 11) is 0. The van der Waals surface area contributed by atoms with Crippen molar-refractivity contribution in [3.8, 4) is 0 Å². The number of fused-ring (bicyclic) bond motifs is 3. The monoisotopic (exact) mass is 347 g/mol. The molecule has 2 aliphatic heterocycles. The molecule has 2 aliphatic rings. The predicted molar refractivity (Wildman–Crippen MR) is 94.7 cm³/mol. The van der Waals surface area contributed by atoms with E-state index in [9.17, 15) is 14.9 Å². The SMILES string of the molecule is CC(C)CCNC(=O)[C@@H]1Cc2cc([N+](=O)[O-])ccc2N2CCOC[C@H]12. The Kier molecular flexibility index (Phi) is 5.22. The number of benzene rings is 1. The van der Waals surface area contributed by atoms with Gasteiger partial charge in [-0.05, 0) is 30.4 Å². The lowest BCUT2D eigenvalue weighted by Gasteiger charge is -2.45. The van der Waals surface area contributed by atoms with Crippen LogP contribution in [-0.4, -0.2) is 43.2 Å². The summed E-state index contributed by atoms with van der Waals surface area (Å²) in [6.45, 7) is 6.72. The molecule has 1 N–H and O–H groups in total. The van der Waals surface area contributed by atoms with Gasteiger partial charge in [0.2, 0.25) is 5.91 Å². The smallest absolute Gasteiger partial charge is 0.269 e. The maximum atomic E-state index is 12.7. The van der Waals surface area contributed by atoms with E-state index in [0.29, 0.717) is 38.6 Å². The maximum Gasteiger partial charge on any atom is 0.269 e. The van der Waals surface area contributed by atoms with Crippen molar-refractivity contribution in [1.82, 2.24) is 5.32 Å². The first-order chi connectivity index (χ1) is 12.0. The van der Waals surface area contributed by atoms with Crippen molar-refractivity contribution in [2.75, 3.05) is 31.2 Å². The first-order valence-corrected chi connectivity index (χ1v) is 8.86. The molecule has 1 aromatic rings. The molecular weight excluding hydrogens is 322 g/mol. The highest BCUT2D eigenvalue weighted by Crippen LogP contribution is 2.37. The molecule has 136 valence electrons. The molecule has 0 unspecified atom stereocenters. The van der Waals surface area contributed by atoms with E-state index >= 15 is 0 Å². The molecule has 0 saturated carbocycles. The zero-order valence-corrected chi connectivity index (χ0v) is 14.7. The largest absolute Gasteiger partial charge is 0.377 e. The van der Waals surface area contributed by atoms with Crippen molar-refractivity contribution in [3.05, 3.63) is 33.9 Å².